The molecule has 0 aromatic heterocycles. The highest BCUT2D eigenvalue weighted by Crippen LogP contribution is 2.53. The second-order valence-electron chi connectivity index (χ2n) is 10.0. The first-order valence-electron chi connectivity index (χ1n) is 11.5. The Balaban J connectivity index is 1.52. The summed E-state index contributed by atoms with van der Waals surface area (Å²) in [5.41, 5.74) is 3.60. The third-order valence-corrected chi connectivity index (χ3v) is 7.71. The standard InChI is InChI=1S/C28H30O3/c1-16-9-18-11-17(2)27(24(10-16)12-18)25-15-22(7-8-26(25)29)20-3-4-21-14-23(28(30)31)6-5-19(21)13-20/h3-8,13-18,24,27,29H,9-12H2,1-2H3,(H,30,31). The van der Waals surface area contributed by atoms with E-state index in [4.69, 9.17) is 0 Å². The molecule has 2 aliphatic rings. The lowest BCUT2D eigenvalue weighted by Crippen LogP contribution is -2.35. The smallest absolute Gasteiger partial charge is 0.335 e. The van der Waals surface area contributed by atoms with Gasteiger partial charge in [0.2, 0.25) is 0 Å². The first-order chi connectivity index (χ1) is 14.9. The van der Waals surface area contributed by atoms with Crippen LogP contribution in [0.4, 0.5) is 0 Å². The quantitative estimate of drug-likeness (QED) is 0.481. The van der Waals surface area contributed by atoms with Crippen molar-refractivity contribution in [2.24, 2.45) is 23.7 Å². The molecule has 3 heteroatoms. The highest BCUT2D eigenvalue weighted by atomic mass is 16.4. The van der Waals surface area contributed by atoms with Crippen molar-refractivity contribution in [3.8, 4) is 16.9 Å². The summed E-state index contributed by atoms with van der Waals surface area (Å²) in [6.45, 7) is 4.75. The Hall–Kier alpha value is -2.81. The van der Waals surface area contributed by atoms with E-state index < -0.39 is 5.97 Å². The summed E-state index contributed by atoms with van der Waals surface area (Å²) in [6.07, 6.45) is 5.18. The molecule has 0 saturated heterocycles. The van der Waals surface area contributed by atoms with Crippen molar-refractivity contribution >= 4 is 16.7 Å². The van der Waals surface area contributed by atoms with E-state index in [1.807, 2.05) is 30.3 Å². The fourth-order valence-corrected chi connectivity index (χ4v) is 6.55. The van der Waals surface area contributed by atoms with Gasteiger partial charge < -0.3 is 10.2 Å². The molecule has 2 aliphatic carbocycles. The summed E-state index contributed by atoms with van der Waals surface area (Å²) in [7, 11) is 0. The number of aromatic hydroxyl groups is 1. The van der Waals surface area contributed by atoms with Gasteiger partial charge in [-0.2, -0.15) is 0 Å². The number of hydrogen-bond donors (Lipinski definition) is 2. The molecule has 0 aliphatic heterocycles. The number of fused-ring (bicyclic) bond motifs is 3. The van der Waals surface area contributed by atoms with E-state index in [1.165, 1.54) is 25.7 Å². The Labute approximate surface area is 183 Å². The monoisotopic (exact) mass is 414 g/mol. The number of carboxylic acid groups (broad SMARTS) is 1. The van der Waals surface area contributed by atoms with Crippen molar-refractivity contribution in [2.45, 2.75) is 45.4 Å². The van der Waals surface area contributed by atoms with E-state index >= 15 is 0 Å². The SMILES string of the molecule is CC1CC2CC(C)C(c3cc(-c4ccc5cc(C(=O)O)ccc5c4)ccc3O)C(C1)C2. The Bertz CT molecular complexity index is 1140. The Morgan fingerprint density at radius 3 is 2.35 bits per heavy atom. The van der Waals surface area contributed by atoms with E-state index in [1.54, 1.807) is 12.1 Å². The number of phenols is 1. The summed E-state index contributed by atoms with van der Waals surface area (Å²) in [4.78, 5) is 11.3. The van der Waals surface area contributed by atoms with Gasteiger partial charge in [-0.1, -0.05) is 38.1 Å². The lowest BCUT2D eigenvalue weighted by Gasteiger charge is -2.46. The van der Waals surface area contributed by atoms with Gasteiger partial charge in [-0.3, -0.25) is 0 Å². The van der Waals surface area contributed by atoms with Crippen LogP contribution in [0, 0.1) is 23.7 Å². The van der Waals surface area contributed by atoms with Crippen LogP contribution in [0.3, 0.4) is 0 Å². The second kappa shape index (κ2) is 7.71. The average Bonchev–Trinajstić information content (AvgIpc) is 2.73. The Morgan fingerprint density at radius 2 is 1.55 bits per heavy atom. The number of aromatic carboxylic acids is 1. The third kappa shape index (κ3) is 3.71. The van der Waals surface area contributed by atoms with Gasteiger partial charge in [0, 0.05) is 0 Å². The van der Waals surface area contributed by atoms with Crippen molar-refractivity contribution in [3.05, 3.63) is 65.7 Å². The first kappa shape index (κ1) is 20.1. The van der Waals surface area contributed by atoms with Crippen molar-refractivity contribution in [1.82, 2.24) is 0 Å². The number of carbonyl (C=O) groups is 1. The molecule has 5 atom stereocenters. The number of hydrogen-bond acceptors (Lipinski definition) is 2. The summed E-state index contributed by atoms with van der Waals surface area (Å²) in [6, 6.07) is 17.4. The fourth-order valence-electron chi connectivity index (χ4n) is 6.55. The predicted molar refractivity (Wildman–Crippen MR) is 125 cm³/mol. The van der Waals surface area contributed by atoms with E-state index in [9.17, 15) is 15.0 Å². The normalized spacial score (nSPS) is 27.9. The van der Waals surface area contributed by atoms with Crippen LogP contribution in [0.15, 0.2) is 54.6 Å². The molecule has 0 radical (unpaired) electrons. The molecule has 3 aromatic rings. The summed E-state index contributed by atoms with van der Waals surface area (Å²) in [5.74, 6) is 2.80. The number of rotatable bonds is 3. The minimum absolute atomic E-state index is 0.304. The van der Waals surface area contributed by atoms with Crippen LogP contribution in [-0.2, 0) is 0 Å². The van der Waals surface area contributed by atoms with E-state index in [0.29, 0.717) is 29.1 Å². The maximum atomic E-state index is 11.3. The van der Waals surface area contributed by atoms with Crippen LogP contribution in [0.2, 0.25) is 0 Å². The van der Waals surface area contributed by atoms with Crippen LogP contribution in [-0.4, -0.2) is 16.2 Å². The van der Waals surface area contributed by atoms with Gasteiger partial charge in [0.05, 0.1) is 5.56 Å². The third-order valence-electron chi connectivity index (χ3n) is 7.71. The molecule has 3 nitrogen and oxygen atoms in total. The van der Waals surface area contributed by atoms with Crippen LogP contribution in [0.25, 0.3) is 21.9 Å². The van der Waals surface area contributed by atoms with Gasteiger partial charge in [0.1, 0.15) is 5.75 Å². The zero-order valence-electron chi connectivity index (χ0n) is 18.2. The largest absolute Gasteiger partial charge is 0.508 e. The van der Waals surface area contributed by atoms with Crippen LogP contribution >= 0.6 is 0 Å². The van der Waals surface area contributed by atoms with Crippen molar-refractivity contribution in [2.75, 3.05) is 0 Å². The van der Waals surface area contributed by atoms with Gasteiger partial charge in [0.15, 0.2) is 0 Å². The zero-order chi connectivity index (χ0) is 21.7. The molecule has 3 aromatic carbocycles. The van der Waals surface area contributed by atoms with Crippen LogP contribution in [0.1, 0.15) is 61.4 Å². The molecule has 5 rings (SSSR count). The average molecular weight is 415 g/mol. The van der Waals surface area contributed by atoms with Gasteiger partial charge in [-0.15, -0.1) is 0 Å². The molecule has 2 fully saturated rings. The molecular formula is C28H30O3. The fraction of sp³-hybridized carbons (Fsp3) is 0.393. The minimum atomic E-state index is -0.907. The lowest BCUT2D eigenvalue weighted by atomic mass is 9.58. The maximum absolute atomic E-state index is 11.3. The lowest BCUT2D eigenvalue weighted by molar-refractivity contribution is 0.0697. The number of carboxylic acids is 1. The molecule has 0 spiro atoms. The molecule has 2 bridgehead atoms. The van der Waals surface area contributed by atoms with E-state index in [2.05, 4.69) is 26.0 Å². The summed E-state index contributed by atoms with van der Waals surface area (Å²) in [5, 5.41) is 22.0. The first-order valence-corrected chi connectivity index (χ1v) is 11.5. The number of phenolic OH excluding ortho intramolecular Hbond substituents is 1. The zero-order valence-corrected chi connectivity index (χ0v) is 18.2. The highest BCUT2D eigenvalue weighted by Gasteiger charge is 2.41. The molecule has 0 heterocycles. The van der Waals surface area contributed by atoms with Gasteiger partial charge in [0.25, 0.3) is 0 Å². The van der Waals surface area contributed by atoms with E-state index in [-0.39, 0.29) is 0 Å². The predicted octanol–water partition coefficient (Wildman–Crippen LogP) is 7.09. The molecule has 160 valence electrons. The van der Waals surface area contributed by atoms with Gasteiger partial charge >= 0.3 is 5.97 Å². The second-order valence-corrected chi connectivity index (χ2v) is 10.0. The molecule has 0 amide bonds. The van der Waals surface area contributed by atoms with Crippen LogP contribution < -0.4 is 0 Å². The Morgan fingerprint density at radius 1 is 0.839 bits per heavy atom. The number of benzene rings is 3. The van der Waals surface area contributed by atoms with E-state index in [0.717, 1.165) is 39.3 Å². The van der Waals surface area contributed by atoms with Crippen molar-refractivity contribution in [1.29, 1.82) is 0 Å². The topological polar surface area (TPSA) is 57.5 Å². The summed E-state index contributed by atoms with van der Waals surface area (Å²) < 4.78 is 0. The molecule has 31 heavy (non-hydrogen) atoms. The molecule has 2 saturated carbocycles. The molecule has 5 unspecified atom stereocenters. The maximum Gasteiger partial charge on any atom is 0.335 e. The Kier molecular flexibility index (Phi) is 5.00. The van der Waals surface area contributed by atoms with Crippen molar-refractivity contribution in [3.63, 3.8) is 0 Å². The highest BCUT2D eigenvalue weighted by molar-refractivity contribution is 5.95. The van der Waals surface area contributed by atoms with Gasteiger partial charge in [-0.05, 0) is 113 Å². The summed E-state index contributed by atoms with van der Waals surface area (Å²) >= 11 is 0. The minimum Gasteiger partial charge on any atom is -0.508 e. The van der Waals surface area contributed by atoms with Crippen molar-refractivity contribution < 1.29 is 15.0 Å². The molecule has 2 N–H and O–H groups in total. The van der Waals surface area contributed by atoms with Gasteiger partial charge in [-0.25, -0.2) is 4.79 Å². The molecular weight excluding hydrogens is 384 g/mol. The van der Waals surface area contributed by atoms with Crippen LogP contribution in [0.5, 0.6) is 5.75 Å².